The summed E-state index contributed by atoms with van der Waals surface area (Å²) in [5.74, 6) is 0.0164. The summed E-state index contributed by atoms with van der Waals surface area (Å²) in [6, 6.07) is 9.71. The quantitative estimate of drug-likeness (QED) is 0.839. The van der Waals surface area contributed by atoms with Gasteiger partial charge in [-0.05, 0) is 31.7 Å². The summed E-state index contributed by atoms with van der Waals surface area (Å²) in [5, 5.41) is 3.11. The first-order valence-electron chi connectivity index (χ1n) is 8.75. The third-order valence-corrected chi connectivity index (χ3v) is 4.53. The van der Waals surface area contributed by atoms with Gasteiger partial charge in [-0.2, -0.15) is 0 Å². The predicted octanol–water partition coefficient (Wildman–Crippen LogP) is 3.26. The van der Waals surface area contributed by atoms with Gasteiger partial charge in [-0.3, -0.25) is 9.59 Å². The van der Waals surface area contributed by atoms with E-state index in [-0.39, 0.29) is 17.9 Å². The molecule has 4 heteroatoms. The summed E-state index contributed by atoms with van der Waals surface area (Å²) < 4.78 is 0. The Balaban J connectivity index is 2.04. The topological polar surface area (TPSA) is 49.4 Å². The van der Waals surface area contributed by atoms with Crippen LogP contribution in [0.5, 0.6) is 0 Å². The molecule has 0 unspecified atom stereocenters. The zero-order chi connectivity index (χ0) is 16.7. The van der Waals surface area contributed by atoms with E-state index >= 15 is 0 Å². The van der Waals surface area contributed by atoms with Crippen LogP contribution in [0.15, 0.2) is 30.3 Å². The highest BCUT2D eigenvalue weighted by atomic mass is 16.2. The Hall–Kier alpha value is -1.84. The van der Waals surface area contributed by atoms with Gasteiger partial charge in [0.1, 0.15) is 6.04 Å². The summed E-state index contributed by atoms with van der Waals surface area (Å²) in [7, 11) is 0. The molecule has 0 bridgehead atoms. The second kappa shape index (κ2) is 8.70. The highest BCUT2D eigenvalue weighted by molar-refractivity contribution is 5.87. The summed E-state index contributed by atoms with van der Waals surface area (Å²) in [4.78, 5) is 26.7. The molecule has 4 nitrogen and oxygen atoms in total. The van der Waals surface area contributed by atoms with Crippen molar-refractivity contribution in [3.63, 3.8) is 0 Å². The van der Waals surface area contributed by atoms with Gasteiger partial charge >= 0.3 is 0 Å². The van der Waals surface area contributed by atoms with Crippen molar-refractivity contribution in [2.45, 2.75) is 71.0 Å². The van der Waals surface area contributed by atoms with Crippen molar-refractivity contribution in [2.75, 3.05) is 0 Å². The summed E-state index contributed by atoms with van der Waals surface area (Å²) in [6.45, 7) is 4.31. The van der Waals surface area contributed by atoms with E-state index in [0.717, 1.165) is 24.8 Å². The number of rotatable bonds is 7. The Bertz CT molecular complexity index is 509. The summed E-state index contributed by atoms with van der Waals surface area (Å²) >= 11 is 0. The zero-order valence-electron chi connectivity index (χ0n) is 14.3. The minimum absolute atomic E-state index is 0.0303. The fourth-order valence-corrected chi connectivity index (χ4v) is 3.11. The molecule has 1 aromatic carbocycles. The molecular weight excluding hydrogens is 288 g/mol. The van der Waals surface area contributed by atoms with Gasteiger partial charge in [-0.15, -0.1) is 0 Å². The van der Waals surface area contributed by atoms with Crippen molar-refractivity contribution in [1.82, 2.24) is 10.2 Å². The van der Waals surface area contributed by atoms with Crippen molar-refractivity contribution in [3.8, 4) is 0 Å². The monoisotopic (exact) mass is 316 g/mol. The average molecular weight is 316 g/mol. The molecule has 1 fully saturated rings. The molecule has 23 heavy (non-hydrogen) atoms. The lowest BCUT2D eigenvalue weighted by molar-refractivity contribution is -0.140. The number of nitrogens with one attached hydrogen (secondary N) is 1. The lowest BCUT2D eigenvalue weighted by Crippen LogP contribution is -2.49. The molecule has 126 valence electrons. The summed E-state index contributed by atoms with van der Waals surface area (Å²) in [5.41, 5.74) is 1.05. The van der Waals surface area contributed by atoms with E-state index in [0.29, 0.717) is 13.0 Å². The number of carbonyl (C=O) groups is 2. The van der Waals surface area contributed by atoms with Gasteiger partial charge in [0.05, 0.1) is 0 Å². The first-order chi connectivity index (χ1) is 11.1. The number of hydrogen-bond donors (Lipinski definition) is 1. The van der Waals surface area contributed by atoms with Gasteiger partial charge in [-0.1, -0.05) is 50.1 Å². The third kappa shape index (κ3) is 5.08. The number of nitrogens with zero attached hydrogens (tertiary/aromatic N) is 1. The molecule has 1 aromatic rings. The molecule has 1 N–H and O–H groups in total. The van der Waals surface area contributed by atoms with Crippen molar-refractivity contribution in [3.05, 3.63) is 35.9 Å². The standard InChI is InChI=1S/C19H28N2O2/c1-3-9-18(22)21(14-16-10-5-4-6-11-16)15(2)19(23)20-17-12-7-8-13-17/h4-6,10-11,15,17H,3,7-9,12-14H2,1-2H3,(H,20,23)/t15-/m0/s1. The van der Waals surface area contributed by atoms with Crippen LogP contribution in [0.4, 0.5) is 0 Å². The van der Waals surface area contributed by atoms with E-state index in [1.165, 1.54) is 12.8 Å². The Morgan fingerprint density at radius 3 is 2.48 bits per heavy atom. The second-order valence-electron chi connectivity index (χ2n) is 6.42. The van der Waals surface area contributed by atoms with Crippen molar-refractivity contribution < 1.29 is 9.59 Å². The maximum absolute atomic E-state index is 12.5. The maximum Gasteiger partial charge on any atom is 0.242 e. The molecular formula is C19H28N2O2. The number of benzene rings is 1. The van der Waals surface area contributed by atoms with Crippen LogP contribution >= 0.6 is 0 Å². The third-order valence-electron chi connectivity index (χ3n) is 4.53. The number of hydrogen-bond acceptors (Lipinski definition) is 2. The zero-order valence-corrected chi connectivity index (χ0v) is 14.3. The smallest absolute Gasteiger partial charge is 0.242 e. The van der Waals surface area contributed by atoms with Crippen LogP contribution in [-0.2, 0) is 16.1 Å². The molecule has 1 saturated carbocycles. The second-order valence-corrected chi connectivity index (χ2v) is 6.42. The van der Waals surface area contributed by atoms with Crippen LogP contribution in [0.3, 0.4) is 0 Å². The van der Waals surface area contributed by atoms with E-state index in [4.69, 9.17) is 0 Å². The molecule has 2 amide bonds. The molecule has 0 spiro atoms. The summed E-state index contributed by atoms with van der Waals surface area (Å²) in [6.07, 6.45) is 5.75. The van der Waals surface area contributed by atoms with E-state index in [2.05, 4.69) is 5.32 Å². The van der Waals surface area contributed by atoms with E-state index < -0.39 is 6.04 Å². The molecule has 1 atom stereocenters. The Kier molecular flexibility index (Phi) is 6.63. The minimum atomic E-state index is -0.435. The van der Waals surface area contributed by atoms with Crippen LogP contribution in [0.25, 0.3) is 0 Å². The van der Waals surface area contributed by atoms with Crippen LogP contribution in [0.2, 0.25) is 0 Å². The minimum Gasteiger partial charge on any atom is -0.352 e. The SMILES string of the molecule is CCCC(=O)N(Cc1ccccc1)[C@@H](C)C(=O)NC1CCCC1. The van der Waals surface area contributed by atoms with Crippen molar-refractivity contribution in [1.29, 1.82) is 0 Å². The Labute approximate surface area is 139 Å². The molecule has 0 saturated heterocycles. The fourth-order valence-electron chi connectivity index (χ4n) is 3.11. The highest BCUT2D eigenvalue weighted by Gasteiger charge is 2.27. The molecule has 0 heterocycles. The van der Waals surface area contributed by atoms with E-state index in [9.17, 15) is 9.59 Å². The van der Waals surface area contributed by atoms with E-state index in [1.807, 2.05) is 44.2 Å². The number of carbonyl (C=O) groups excluding carboxylic acids is 2. The molecule has 1 aliphatic carbocycles. The first kappa shape index (κ1) is 17.5. The van der Waals surface area contributed by atoms with Crippen LogP contribution in [-0.4, -0.2) is 28.8 Å². The van der Waals surface area contributed by atoms with Crippen LogP contribution in [0, 0.1) is 0 Å². The predicted molar refractivity (Wildman–Crippen MR) is 91.8 cm³/mol. The van der Waals surface area contributed by atoms with Crippen molar-refractivity contribution in [2.24, 2.45) is 0 Å². The Morgan fingerprint density at radius 2 is 1.87 bits per heavy atom. The molecule has 0 aliphatic heterocycles. The van der Waals surface area contributed by atoms with Gasteiger partial charge in [0.2, 0.25) is 11.8 Å². The first-order valence-corrected chi connectivity index (χ1v) is 8.75. The van der Waals surface area contributed by atoms with E-state index in [1.54, 1.807) is 4.90 Å². The van der Waals surface area contributed by atoms with Gasteiger partial charge < -0.3 is 10.2 Å². The van der Waals surface area contributed by atoms with Gasteiger partial charge in [-0.25, -0.2) is 0 Å². The largest absolute Gasteiger partial charge is 0.352 e. The molecule has 0 aromatic heterocycles. The van der Waals surface area contributed by atoms with Crippen molar-refractivity contribution >= 4 is 11.8 Å². The van der Waals surface area contributed by atoms with Gasteiger partial charge in [0.25, 0.3) is 0 Å². The lowest BCUT2D eigenvalue weighted by Gasteiger charge is -2.29. The maximum atomic E-state index is 12.5. The Morgan fingerprint density at radius 1 is 1.22 bits per heavy atom. The molecule has 0 radical (unpaired) electrons. The lowest BCUT2D eigenvalue weighted by atomic mass is 10.1. The fraction of sp³-hybridized carbons (Fsp3) is 0.579. The number of amides is 2. The highest BCUT2D eigenvalue weighted by Crippen LogP contribution is 2.18. The van der Waals surface area contributed by atoms with Crippen LogP contribution < -0.4 is 5.32 Å². The molecule has 2 rings (SSSR count). The van der Waals surface area contributed by atoms with Gasteiger partial charge in [0.15, 0.2) is 0 Å². The normalized spacial score (nSPS) is 16.1. The van der Waals surface area contributed by atoms with Crippen LogP contribution in [0.1, 0.15) is 57.9 Å². The average Bonchev–Trinajstić information content (AvgIpc) is 3.06. The van der Waals surface area contributed by atoms with Gasteiger partial charge in [0, 0.05) is 19.0 Å². The molecule has 1 aliphatic rings.